The van der Waals surface area contributed by atoms with Gasteiger partial charge in [0.2, 0.25) is 29.5 Å². The third-order valence-electron chi connectivity index (χ3n) is 4.71. The van der Waals surface area contributed by atoms with Crippen molar-refractivity contribution in [1.29, 1.82) is 0 Å². The molecule has 5 amide bonds. The molecule has 0 unspecified atom stereocenters. The summed E-state index contributed by atoms with van der Waals surface area (Å²) in [4.78, 5) is 94.0. The smallest absolute Gasteiger partial charge is 0.305 e. The molecule has 202 valence electrons. The third-order valence-corrected chi connectivity index (χ3v) is 4.71. The van der Waals surface area contributed by atoms with Crippen molar-refractivity contribution in [3.05, 3.63) is 0 Å². The van der Waals surface area contributed by atoms with E-state index >= 15 is 0 Å². The number of aliphatic carboxylic acids is 2. The monoisotopic (exact) mass is 515 g/mol. The van der Waals surface area contributed by atoms with E-state index in [2.05, 4.69) is 26.6 Å². The lowest BCUT2D eigenvalue weighted by molar-refractivity contribution is -0.142. The summed E-state index contributed by atoms with van der Waals surface area (Å²) in [5, 5.41) is 29.2. The Morgan fingerprint density at radius 3 is 1.61 bits per heavy atom. The maximum atomic E-state index is 12.8. The average Bonchev–Trinajstić information content (AvgIpc) is 2.74. The second kappa shape index (κ2) is 15.1. The molecule has 7 N–H and O–H groups in total. The van der Waals surface area contributed by atoms with Gasteiger partial charge in [-0.15, -0.1) is 0 Å². The molecule has 0 fully saturated rings. The van der Waals surface area contributed by atoms with Crippen molar-refractivity contribution in [3.8, 4) is 0 Å². The normalized spacial score (nSPS) is 14.7. The van der Waals surface area contributed by atoms with Crippen molar-refractivity contribution in [1.82, 2.24) is 26.6 Å². The second-order valence-corrected chi connectivity index (χ2v) is 8.39. The Bertz CT molecular complexity index is 875. The topological polar surface area (TPSA) is 237 Å². The number of hydrogen-bond acceptors (Lipinski definition) is 8. The van der Waals surface area contributed by atoms with Crippen LogP contribution in [0.2, 0.25) is 0 Å². The highest BCUT2D eigenvalue weighted by atomic mass is 16.4. The van der Waals surface area contributed by atoms with E-state index in [1.165, 1.54) is 20.8 Å². The SMILES string of the molecule is CC(=O)N[C@@H](C)C(=O)N[C@@H](CC(=O)O)C(=O)N[C@H](C(=O)N[C@@H](C)C(=O)N[C@H](C=O)CC(=O)O)C(C)C. The molecule has 0 saturated heterocycles. The van der Waals surface area contributed by atoms with Gasteiger partial charge in [0.15, 0.2) is 0 Å². The number of rotatable bonds is 15. The molecule has 15 nitrogen and oxygen atoms in total. The number of hydrogen-bond donors (Lipinski definition) is 7. The Kier molecular flexibility index (Phi) is 13.4. The summed E-state index contributed by atoms with van der Waals surface area (Å²) in [5.41, 5.74) is 0. The van der Waals surface area contributed by atoms with Crippen LogP contribution in [0, 0.1) is 5.92 Å². The fraction of sp³-hybridized carbons (Fsp3) is 0.619. The van der Waals surface area contributed by atoms with Crippen molar-refractivity contribution in [2.45, 2.75) is 77.7 Å². The zero-order valence-electron chi connectivity index (χ0n) is 20.6. The van der Waals surface area contributed by atoms with Gasteiger partial charge in [0.25, 0.3) is 0 Å². The number of nitrogens with one attached hydrogen (secondary N) is 5. The molecule has 0 aliphatic carbocycles. The standard InChI is InChI=1S/C21H33N5O10/c1-9(2)17(21(36)23-11(4)18(33)24-13(8-27)6-15(29)30)26-20(35)14(7-16(31)32)25-19(34)10(3)22-12(5)28/h8-11,13-14,17H,6-7H2,1-5H3,(H,22,28)(H,23,36)(H,24,33)(H,25,34)(H,26,35)(H,29,30)(H,31,32)/t10-,11-,13-,14-,17-/m0/s1. The van der Waals surface area contributed by atoms with Crippen molar-refractivity contribution in [2.24, 2.45) is 5.92 Å². The van der Waals surface area contributed by atoms with Crippen LogP contribution in [0.5, 0.6) is 0 Å². The Balaban J connectivity index is 5.39. The molecule has 0 spiro atoms. The Hall–Kier alpha value is -4.04. The predicted octanol–water partition coefficient (Wildman–Crippen LogP) is -2.73. The number of carboxylic acids is 2. The minimum Gasteiger partial charge on any atom is -0.481 e. The van der Waals surface area contributed by atoms with Crippen LogP contribution in [0.3, 0.4) is 0 Å². The summed E-state index contributed by atoms with van der Waals surface area (Å²) in [6.07, 6.45) is -1.23. The first-order chi connectivity index (χ1) is 16.6. The van der Waals surface area contributed by atoms with E-state index in [-0.39, 0.29) is 6.29 Å². The van der Waals surface area contributed by atoms with Gasteiger partial charge in [0.05, 0.1) is 18.9 Å². The van der Waals surface area contributed by atoms with Crippen LogP contribution in [-0.4, -0.2) is 88.2 Å². The van der Waals surface area contributed by atoms with Gasteiger partial charge in [-0.25, -0.2) is 0 Å². The predicted molar refractivity (Wildman–Crippen MR) is 122 cm³/mol. The summed E-state index contributed by atoms with van der Waals surface area (Å²) in [7, 11) is 0. The first-order valence-corrected chi connectivity index (χ1v) is 11.0. The fourth-order valence-corrected chi connectivity index (χ4v) is 2.84. The molecular weight excluding hydrogens is 482 g/mol. The minimum atomic E-state index is -1.58. The average molecular weight is 516 g/mol. The van der Waals surface area contributed by atoms with Crippen LogP contribution in [0.15, 0.2) is 0 Å². The molecule has 0 rings (SSSR count). The Morgan fingerprint density at radius 2 is 1.17 bits per heavy atom. The number of carbonyl (C=O) groups is 8. The van der Waals surface area contributed by atoms with Crippen LogP contribution in [0.4, 0.5) is 0 Å². The largest absolute Gasteiger partial charge is 0.481 e. The molecule has 0 radical (unpaired) electrons. The molecule has 15 heteroatoms. The summed E-state index contributed by atoms with van der Waals surface area (Å²) in [6, 6.07) is -6.43. The molecular formula is C21H33N5O10. The van der Waals surface area contributed by atoms with E-state index in [1.807, 2.05) is 0 Å². The highest BCUT2D eigenvalue weighted by Crippen LogP contribution is 2.05. The van der Waals surface area contributed by atoms with Gasteiger partial charge in [-0.2, -0.15) is 0 Å². The van der Waals surface area contributed by atoms with Gasteiger partial charge in [-0.1, -0.05) is 13.8 Å². The minimum absolute atomic E-state index is 0.237. The van der Waals surface area contributed by atoms with Gasteiger partial charge < -0.3 is 41.6 Å². The summed E-state index contributed by atoms with van der Waals surface area (Å²) in [6.45, 7) is 6.90. The van der Waals surface area contributed by atoms with Crippen LogP contribution in [0.25, 0.3) is 0 Å². The fourth-order valence-electron chi connectivity index (χ4n) is 2.84. The van der Waals surface area contributed by atoms with E-state index in [0.717, 1.165) is 0 Å². The van der Waals surface area contributed by atoms with Crippen molar-refractivity contribution in [2.75, 3.05) is 0 Å². The molecule has 5 atom stereocenters. The quantitative estimate of drug-likeness (QED) is 0.111. The summed E-state index contributed by atoms with van der Waals surface area (Å²) in [5.74, 6) is -7.28. The Morgan fingerprint density at radius 1 is 0.667 bits per heavy atom. The lowest BCUT2D eigenvalue weighted by Crippen LogP contribution is -2.59. The van der Waals surface area contributed by atoms with E-state index in [1.54, 1.807) is 13.8 Å². The van der Waals surface area contributed by atoms with Gasteiger partial charge in [0, 0.05) is 6.92 Å². The molecule has 0 heterocycles. The maximum Gasteiger partial charge on any atom is 0.305 e. The summed E-state index contributed by atoms with van der Waals surface area (Å²) >= 11 is 0. The number of amides is 5. The molecule has 0 aliphatic rings. The van der Waals surface area contributed by atoms with Crippen molar-refractivity contribution < 1.29 is 48.6 Å². The molecule has 0 aliphatic heterocycles. The molecule has 0 aromatic heterocycles. The van der Waals surface area contributed by atoms with Gasteiger partial charge >= 0.3 is 11.9 Å². The van der Waals surface area contributed by atoms with Crippen LogP contribution in [-0.2, 0) is 38.4 Å². The van der Waals surface area contributed by atoms with E-state index in [0.29, 0.717) is 0 Å². The van der Waals surface area contributed by atoms with E-state index < -0.39 is 90.4 Å². The van der Waals surface area contributed by atoms with E-state index in [9.17, 15) is 38.4 Å². The van der Waals surface area contributed by atoms with E-state index in [4.69, 9.17) is 10.2 Å². The molecule has 0 bridgehead atoms. The highest BCUT2D eigenvalue weighted by molar-refractivity contribution is 5.97. The maximum absolute atomic E-state index is 12.8. The highest BCUT2D eigenvalue weighted by Gasteiger charge is 2.32. The van der Waals surface area contributed by atoms with Crippen LogP contribution in [0.1, 0.15) is 47.5 Å². The van der Waals surface area contributed by atoms with Crippen molar-refractivity contribution in [3.63, 3.8) is 0 Å². The molecule has 0 aromatic carbocycles. The zero-order chi connectivity index (χ0) is 28.2. The number of aldehydes is 1. The number of carboxylic acid groups (broad SMARTS) is 2. The Labute approximate surface area is 207 Å². The number of carbonyl (C=O) groups excluding carboxylic acids is 6. The third kappa shape index (κ3) is 11.9. The first-order valence-electron chi connectivity index (χ1n) is 11.0. The lowest BCUT2D eigenvalue weighted by atomic mass is 10.0. The molecule has 0 aromatic rings. The van der Waals surface area contributed by atoms with Crippen LogP contribution >= 0.6 is 0 Å². The zero-order valence-corrected chi connectivity index (χ0v) is 20.6. The van der Waals surface area contributed by atoms with Gasteiger partial charge in [-0.05, 0) is 19.8 Å². The molecule has 36 heavy (non-hydrogen) atoms. The van der Waals surface area contributed by atoms with Crippen molar-refractivity contribution >= 4 is 47.8 Å². The summed E-state index contributed by atoms with van der Waals surface area (Å²) < 4.78 is 0. The van der Waals surface area contributed by atoms with Gasteiger partial charge in [0.1, 0.15) is 30.5 Å². The second-order valence-electron chi connectivity index (χ2n) is 8.39. The molecule has 0 saturated carbocycles. The lowest BCUT2D eigenvalue weighted by Gasteiger charge is -2.26. The first kappa shape index (κ1) is 32.0. The van der Waals surface area contributed by atoms with Gasteiger partial charge in [-0.3, -0.25) is 33.6 Å². The van der Waals surface area contributed by atoms with Crippen LogP contribution < -0.4 is 26.6 Å².